The first-order valence-electron chi connectivity index (χ1n) is 8.73. The summed E-state index contributed by atoms with van der Waals surface area (Å²) < 4.78 is 2.31. The van der Waals surface area contributed by atoms with E-state index in [9.17, 15) is 4.79 Å². The van der Waals surface area contributed by atoms with Gasteiger partial charge in [0.15, 0.2) is 5.16 Å². The summed E-state index contributed by atoms with van der Waals surface area (Å²) in [4.78, 5) is 20.2. The molecule has 0 aliphatic heterocycles. The van der Waals surface area contributed by atoms with Crippen LogP contribution in [0.2, 0.25) is 0 Å². The van der Waals surface area contributed by atoms with Crippen molar-refractivity contribution in [3.63, 3.8) is 0 Å². The molecule has 0 radical (unpaired) electrons. The van der Waals surface area contributed by atoms with Crippen molar-refractivity contribution in [2.24, 2.45) is 0 Å². The first kappa shape index (κ1) is 17.8. The molecule has 1 amide bonds. The molecule has 2 aromatic rings. The number of nitrogens with zero attached hydrogens (tertiary/aromatic N) is 5. The number of aromatic nitrogens is 5. The molecular weight excluding hydrogens is 336 g/mol. The maximum Gasteiger partial charge on any atom is 0.271 e. The van der Waals surface area contributed by atoms with Gasteiger partial charge in [0.25, 0.3) is 5.91 Å². The Balaban J connectivity index is 1.53. The molecule has 2 heterocycles. The quantitative estimate of drug-likeness (QED) is 0.603. The van der Waals surface area contributed by atoms with Crippen molar-refractivity contribution in [1.29, 1.82) is 0 Å². The first-order chi connectivity index (χ1) is 12.2. The molecule has 1 fully saturated rings. The van der Waals surface area contributed by atoms with Crippen molar-refractivity contribution in [2.45, 2.75) is 56.6 Å². The Labute approximate surface area is 152 Å². The smallest absolute Gasteiger partial charge is 0.271 e. The normalized spacial score (nSPS) is 14.8. The number of aryl methyl sites for hydroxylation is 2. The molecule has 7 nitrogen and oxygen atoms in total. The van der Waals surface area contributed by atoms with Gasteiger partial charge in [-0.1, -0.05) is 24.6 Å². The largest absolute Gasteiger partial charge is 0.351 e. The van der Waals surface area contributed by atoms with Gasteiger partial charge >= 0.3 is 0 Å². The van der Waals surface area contributed by atoms with E-state index in [4.69, 9.17) is 0 Å². The number of nitrogens with one attached hydrogen (secondary N) is 1. The number of thioether (sulfide) groups is 1. The van der Waals surface area contributed by atoms with E-state index >= 15 is 0 Å². The lowest BCUT2D eigenvalue weighted by molar-refractivity contribution is 0.0947. The average molecular weight is 360 g/mol. The molecule has 0 spiro atoms. The Morgan fingerprint density at radius 3 is 2.76 bits per heavy atom. The van der Waals surface area contributed by atoms with Gasteiger partial charge in [-0.15, -0.1) is 10.2 Å². The molecule has 0 bridgehead atoms. The zero-order chi connectivity index (χ0) is 17.6. The second kappa shape index (κ2) is 8.42. The first-order valence-corrected chi connectivity index (χ1v) is 9.96. The fourth-order valence-electron chi connectivity index (χ4n) is 3.20. The van der Waals surface area contributed by atoms with E-state index in [-0.39, 0.29) is 5.91 Å². The standard InChI is InChI=1S/C17H24N6OS/c1-12-10-20-14(11-19-12)16(24)18-9-5-8-15-21-22-17(25-2)23(15)13-6-3-4-7-13/h10-11,13H,3-9H2,1-2H3,(H,18,24). The highest BCUT2D eigenvalue weighted by Crippen LogP contribution is 2.33. The van der Waals surface area contributed by atoms with E-state index in [1.54, 1.807) is 18.0 Å². The van der Waals surface area contributed by atoms with Crippen LogP contribution in [-0.2, 0) is 6.42 Å². The summed E-state index contributed by atoms with van der Waals surface area (Å²) >= 11 is 1.65. The van der Waals surface area contributed by atoms with Crippen LogP contribution in [-0.4, -0.2) is 43.4 Å². The molecule has 3 rings (SSSR count). The molecule has 2 aromatic heterocycles. The van der Waals surface area contributed by atoms with Crippen molar-refractivity contribution >= 4 is 17.7 Å². The Bertz CT molecular complexity index is 708. The van der Waals surface area contributed by atoms with E-state index in [2.05, 4.69) is 30.0 Å². The minimum absolute atomic E-state index is 0.186. The summed E-state index contributed by atoms with van der Waals surface area (Å²) in [6.45, 7) is 2.43. The Kier molecular flexibility index (Phi) is 6.01. The van der Waals surface area contributed by atoms with Crippen LogP contribution in [0.15, 0.2) is 17.6 Å². The van der Waals surface area contributed by atoms with Crippen LogP contribution < -0.4 is 5.32 Å². The van der Waals surface area contributed by atoms with Crippen molar-refractivity contribution in [3.8, 4) is 0 Å². The van der Waals surface area contributed by atoms with Crippen LogP contribution >= 0.6 is 11.8 Å². The molecule has 0 atom stereocenters. The maximum absolute atomic E-state index is 12.0. The van der Waals surface area contributed by atoms with E-state index in [0.717, 1.165) is 29.5 Å². The SMILES string of the molecule is CSc1nnc(CCCNC(=O)c2cnc(C)cn2)n1C1CCCC1. The highest BCUT2D eigenvalue weighted by molar-refractivity contribution is 7.98. The van der Waals surface area contributed by atoms with E-state index in [1.165, 1.54) is 31.9 Å². The van der Waals surface area contributed by atoms with Gasteiger partial charge in [0.1, 0.15) is 11.5 Å². The minimum Gasteiger partial charge on any atom is -0.351 e. The topological polar surface area (TPSA) is 85.6 Å². The van der Waals surface area contributed by atoms with E-state index < -0.39 is 0 Å². The Morgan fingerprint density at radius 2 is 2.08 bits per heavy atom. The van der Waals surface area contributed by atoms with Crippen molar-refractivity contribution < 1.29 is 4.79 Å². The van der Waals surface area contributed by atoms with Gasteiger partial charge in [-0.3, -0.25) is 9.78 Å². The fraction of sp³-hybridized carbons (Fsp3) is 0.588. The van der Waals surface area contributed by atoms with Gasteiger partial charge in [-0.05, 0) is 32.4 Å². The molecule has 134 valence electrons. The third-order valence-corrected chi connectivity index (χ3v) is 5.13. The predicted octanol–water partition coefficient (Wildman–Crippen LogP) is 2.58. The third kappa shape index (κ3) is 4.36. The number of rotatable bonds is 7. The van der Waals surface area contributed by atoms with E-state index in [0.29, 0.717) is 18.3 Å². The third-order valence-electron chi connectivity index (χ3n) is 4.48. The fourth-order valence-corrected chi connectivity index (χ4v) is 3.77. The van der Waals surface area contributed by atoms with Gasteiger partial charge in [0.05, 0.1) is 11.9 Å². The number of carbonyl (C=O) groups is 1. The molecule has 1 N–H and O–H groups in total. The average Bonchev–Trinajstić information content (AvgIpc) is 3.28. The van der Waals surface area contributed by atoms with Crippen LogP contribution in [0, 0.1) is 6.92 Å². The maximum atomic E-state index is 12.0. The number of carbonyl (C=O) groups excluding carboxylic acids is 1. The van der Waals surface area contributed by atoms with Crippen LogP contribution in [0.25, 0.3) is 0 Å². The highest BCUT2D eigenvalue weighted by atomic mass is 32.2. The summed E-state index contributed by atoms with van der Waals surface area (Å²) in [5.74, 6) is 0.843. The Morgan fingerprint density at radius 1 is 1.28 bits per heavy atom. The zero-order valence-electron chi connectivity index (χ0n) is 14.7. The molecule has 0 aromatic carbocycles. The van der Waals surface area contributed by atoms with Gasteiger partial charge in [0.2, 0.25) is 0 Å². The lowest BCUT2D eigenvalue weighted by atomic mass is 10.2. The monoisotopic (exact) mass is 360 g/mol. The van der Waals surface area contributed by atoms with Crippen molar-refractivity contribution in [1.82, 2.24) is 30.0 Å². The summed E-state index contributed by atoms with van der Waals surface area (Å²) in [6, 6.07) is 0.532. The summed E-state index contributed by atoms with van der Waals surface area (Å²) in [5.41, 5.74) is 1.15. The van der Waals surface area contributed by atoms with Crippen LogP contribution in [0.4, 0.5) is 0 Å². The molecule has 1 saturated carbocycles. The lowest BCUT2D eigenvalue weighted by Crippen LogP contribution is -2.26. The number of hydrogen-bond acceptors (Lipinski definition) is 6. The lowest BCUT2D eigenvalue weighted by Gasteiger charge is -2.16. The van der Waals surface area contributed by atoms with Crippen molar-refractivity contribution in [3.05, 3.63) is 29.6 Å². The molecule has 25 heavy (non-hydrogen) atoms. The summed E-state index contributed by atoms with van der Waals surface area (Å²) in [7, 11) is 0. The van der Waals surface area contributed by atoms with Crippen LogP contribution in [0.1, 0.15) is 60.2 Å². The highest BCUT2D eigenvalue weighted by Gasteiger charge is 2.23. The number of hydrogen-bond donors (Lipinski definition) is 1. The second-order valence-corrected chi connectivity index (χ2v) is 7.09. The molecular formula is C17H24N6OS. The van der Waals surface area contributed by atoms with Gasteiger partial charge in [-0.25, -0.2) is 4.98 Å². The van der Waals surface area contributed by atoms with Gasteiger partial charge < -0.3 is 9.88 Å². The van der Waals surface area contributed by atoms with Gasteiger partial charge in [-0.2, -0.15) is 0 Å². The predicted molar refractivity (Wildman–Crippen MR) is 96.7 cm³/mol. The zero-order valence-corrected chi connectivity index (χ0v) is 15.6. The summed E-state index contributed by atoms with van der Waals surface area (Å²) in [6.07, 6.45) is 11.8. The van der Waals surface area contributed by atoms with Crippen molar-refractivity contribution in [2.75, 3.05) is 12.8 Å². The molecule has 8 heteroatoms. The molecule has 0 unspecified atom stereocenters. The van der Waals surface area contributed by atoms with E-state index in [1.807, 2.05) is 13.2 Å². The van der Waals surface area contributed by atoms with Gasteiger partial charge in [0, 0.05) is 25.2 Å². The van der Waals surface area contributed by atoms with Crippen LogP contribution in [0.3, 0.4) is 0 Å². The summed E-state index contributed by atoms with van der Waals surface area (Å²) in [5, 5.41) is 12.6. The molecule has 1 aliphatic carbocycles. The molecule has 1 aliphatic rings. The van der Waals surface area contributed by atoms with Crippen LogP contribution in [0.5, 0.6) is 0 Å². The Hall–Kier alpha value is -1.96. The molecule has 0 saturated heterocycles. The second-order valence-electron chi connectivity index (χ2n) is 6.31. The minimum atomic E-state index is -0.186. The number of amides is 1.